The number of halogens is 5. The van der Waals surface area contributed by atoms with E-state index in [9.17, 15) is 31.2 Å². The molecule has 0 heterocycles. The van der Waals surface area contributed by atoms with E-state index in [0.717, 1.165) is 44.1 Å². The average Bonchev–Trinajstić information content (AvgIpc) is 3.35. The summed E-state index contributed by atoms with van der Waals surface area (Å²) < 4.78 is 65.9. The molecule has 7 nitrogen and oxygen atoms in total. The molecule has 0 aliphatic heterocycles. The maximum atomic E-state index is 13.7. The van der Waals surface area contributed by atoms with Gasteiger partial charge in [-0.1, -0.05) is 55.1 Å². The molecular weight excluding hydrogens is 578 g/mol. The summed E-state index contributed by atoms with van der Waals surface area (Å²) in [6, 6.07) is 7.34. The lowest BCUT2D eigenvalue weighted by atomic mass is 10.1. The number of alkyl halides is 3. The van der Waals surface area contributed by atoms with Gasteiger partial charge < -0.3 is 10.2 Å². The number of hydrogen-bond acceptors (Lipinski definition) is 4. The first-order valence-electron chi connectivity index (χ1n) is 12.4. The van der Waals surface area contributed by atoms with Crippen LogP contribution >= 0.6 is 23.2 Å². The van der Waals surface area contributed by atoms with Crippen molar-refractivity contribution in [1.29, 1.82) is 0 Å². The smallest absolute Gasteiger partial charge is 0.352 e. The summed E-state index contributed by atoms with van der Waals surface area (Å²) in [5.41, 5.74) is -0.923. The Morgan fingerprint density at radius 3 is 2.33 bits per heavy atom. The largest absolute Gasteiger partial charge is 0.416 e. The minimum Gasteiger partial charge on any atom is -0.352 e. The summed E-state index contributed by atoms with van der Waals surface area (Å²) in [5.74, 6) is -1.18. The van der Waals surface area contributed by atoms with Gasteiger partial charge in [-0.05, 0) is 55.2 Å². The summed E-state index contributed by atoms with van der Waals surface area (Å²) in [7, 11) is -4.19. The Morgan fingerprint density at radius 2 is 1.77 bits per heavy atom. The van der Waals surface area contributed by atoms with Gasteiger partial charge in [0.1, 0.15) is 12.6 Å². The topological polar surface area (TPSA) is 86.8 Å². The van der Waals surface area contributed by atoms with Crippen LogP contribution in [-0.4, -0.2) is 50.0 Å². The quantitative estimate of drug-likeness (QED) is 0.378. The maximum Gasteiger partial charge on any atom is 0.416 e. The third-order valence-electron chi connectivity index (χ3n) is 6.58. The molecule has 1 saturated carbocycles. The molecule has 2 aromatic rings. The number of rotatable bonds is 10. The van der Waals surface area contributed by atoms with Crippen LogP contribution in [0.3, 0.4) is 0 Å². The van der Waals surface area contributed by atoms with Crippen LogP contribution in [-0.2, 0) is 32.3 Å². The predicted molar refractivity (Wildman–Crippen MR) is 145 cm³/mol. The summed E-state index contributed by atoms with van der Waals surface area (Å²) in [4.78, 5) is 28.2. The normalized spacial score (nSPS) is 15.2. The van der Waals surface area contributed by atoms with Crippen molar-refractivity contribution in [3.63, 3.8) is 0 Å². The van der Waals surface area contributed by atoms with Gasteiger partial charge in [0.2, 0.25) is 21.8 Å². The molecule has 1 atom stereocenters. The second kappa shape index (κ2) is 12.8. The summed E-state index contributed by atoms with van der Waals surface area (Å²) in [6.07, 6.45) is -0.127. The zero-order valence-corrected chi connectivity index (χ0v) is 23.8. The SMILES string of the molecule is CC[C@H](C(=O)NC1CCCC1)N(Cc1ccc(Cl)cc1Cl)C(=O)CN(c1cccc(C(F)(F)F)c1)S(C)(=O)=O. The second-order valence-corrected chi connectivity index (χ2v) is 12.2. The molecule has 1 fully saturated rings. The van der Waals surface area contributed by atoms with Crippen molar-refractivity contribution in [2.75, 3.05) is 17.1 Å². The van der Waals surface area contributed by atoms with Crippen LogP contribution < -0.4 is 9.62 Å². The van der Waals surface area contributed by atoms with Crippen LogP contribution in [0.4, 0.5) is 18.9 Å². The molecule has 0 radical (unpaired) electrons. The van der Waals surface area contributed by atoms with Crippen LogP contribution in [0.5, 0.6) is 0 Å². The highest BCUT2D eigenvalue weighted by Crippen LogP contribution is 2.32. The molecule has 2 amide bonds. The van der Waals surface area contributed by atoms with E-state index in [0.29, 0.717) is 21.0 Å². The van der Waals surface area contributed by atoms with Crippen LogP contribution in [0.25, 0.3) is 0 Å². The number of nitrogens with one attached hydrogen (secondary N) is 1. The highest BCUT2D eigenvalue weighted by molar-refractivity contribution is 7.92. The number of benzene rings is 2. The predicted octanol–water partition coefficient (Wildman–Crippen LogP) is 5.64. The molecule has 1 N–H and O–H groups in total. The Hall–Kier alpha value is -2.50. The lowest BCUT2D eigenvalue weighted by Gasteiger charge is -2.33. The Morgan fingerprint density at radius 1 is 1.10 bits per heavy atom. The Balaban J connectivity index is 1.98. The summed E-state index contributed by atoms with van der Waals surface area (Å²) in [5, 5.41) is 3.57. The van der Waals surface area contributed by atoms with Gasteiger partial charge in [-0.15, -0.1) is 0 Å². The third kappa shape index (κ3) is 8.25. The lowest BCUT2D eigenvalue weighted by Crippen LogP contribution is -2.53. The van der Waals surface area contributed by atoms with Crippen LogP contribution in [0.15, 0.2) is 42.5 Å². The Labute approximate surface area is 236 Å². The Bertz CT molecular complexity index is 1300. The molecule has 0 aromatic heterocycles. The molecule has 1 aliphatic carbocycles. The summed E-state index contributed by atoms with van der Waals surface area (Å²) >= 11 is 12.3. The lowest BCUT2D eigenvalue weighted by molar-refractivity contribution is -0.140. The first-order valence-corrected chi connectivity index (χ1v) is 15.0. The van der Waals surface area contributed by atoms with Crippen molar-refractivity contribution in [3.05, 3.63) is 63.6 Å². The van der Waals surface area contributed by atoms with Crippen molar-refractivity contribution in [3.8, 4) is 0 Å². The monoisotopic (exact) mass is 607 g/mol. The van der Waals surface area contributed by atoms with E-state index in [1.165, 1.54) is 17.0 Å². The highest BCUT2D eigenvalue weighted by atomic mass is 35.5. The van der Waals surface area contributed by atoms with Gasteiger partial charge >= 0.3 is 6.18 Å². The van der Waals surface area contributed by atoms with Crippen LogP contribution in [0.2, 0.25) is 10.0 Å². The molecule has 0 unspecified atom stereocenters. The maximum absolute atomic E-state index is 13.7. The van der Waals surface area contributed by atoms with E-state index >= 15 is 0 Å². The van der Waals surface area contributed by atoms with Crippen LogP contribution in [0.1, 0.15) is 50.2 Å². The van der Waals surface area contributed by atoms with Crippen LogP contribution in [0, 0.1) is 0 Å². The van der Waals surface area contributed by atoms with Crippen molar-refractivity contribution < 1.29 is 31.2 Å². The van der Waals surface area contributed by atoms with E-state index in [4.69, 9.17) is 23.2 Å². The average molecular weight is 609 g/mol. The van der Waals surface area contributed by atoms with Gasteiger partial charge in [0.05, 0.1) is 17.5 Å². The third-order valence-corrected chi connectivity index (χ3v) is 8.31. The molecule has 0 bridgehead atoms. The standard InChI is InChI=1S/C26H30Cl2F3N3O4S/c1-3-23(25(36)32-20-8-4-5-9-20)33(15-17-11-12-19(27)14-22(17)28)24(35)16-34(39(2,37)38)21-10-6-7-18(13-21)26(29,30)31/h6-7,10-14,20,23H,3-5,8-9,15-16H2,1-2H3,(H,32,36)/t23-/m1/s1. The highest BCUT2D eigenvalue weighted by Gasteiger charge is 2.35. The fourth-order valence-corrected chi connectivity index (χ4v) is 5.88. The van der Waals surface area contributed by atoms with Gasteiger partial charge in [-0.3, -0.25) is 13.9 Å². The van der Waals surface area contributed by atoms with Gasteiger partial charge in [0.25, 0.3) is 0 Å². The number of anilines is 1. The molecule has 2 aromatic carbocycles. The summed E-state index contributed by atoms with van der Waals surface area (Å²) in [6.45, 7) is 0.744. The van der Waals surface area contributed by atoms with Crippen molar-refractivity contribution in [1.82, 2.24) is 10.2 Å². The molecule has 3 rings (SSSR count). The molecule has 39 heavy (non-hydrogen) atoms. The minimum absolute atomic E-state index is 0.0275. The number of sulfonamides is 1. The van der Waals surface area contributed by atoms with Crippen molar-refractivity contribution >= 4 is 50.7 Å². The number of carbonyl (C=O) groups is 2. The van der Waals surface area contributed by atoms with Gasteiger partial charge in [-0.25, -0.2) is 8.42 Å². The molecule has 1 aliphatic rings. The fraction of sp³-hybridized carbons (Fsp3) is 0.462. The molecular formula is C26H30Cl2F3N3O4S. The number of nitrogens with zero attached hydrogens (tertiary/aromatic N) is 2. The van der Waals surface area contributed by atoms with E-state index in [-0.39, 0.29) is 29.7 Å². The Kier molecular flexibility index (Phi) is 10.2. The zero-order valence-electron chi connectivity index (χ0n) is 21.5. The molecule has 0 saturated heterocycles. The molecule has 0 spiro atoms. The fourth-order valence-electron chi connectivity index (χ4n) is 4.57. The second-order valence-electron chi connectivity index (χ2n) is 9.49. The first-order chi connectivity index (χ1) is 18.2. The van der Waals surface area contributed by atoms with E-state index in [1.54, 1.807) is 19.1 Å². The number of hydrogen-bond donors (Lipinski definition) is 1. The molecule has 214 valence electrons. The zero-order chi connectivity index (χ0) is 29.0. The molecule has 13 heteroatoms. The first kappa shape index (κ1) is 31.0. The van der Waals surface area contributed by atoms with E-state index in [2.05, 4.69) is 5.32 Å². The van der Waals surface area contributed by atoms with E-state index < -0.39 is 46.2 Å². The van der Waals surface area contributed by atoms with E-state index in [1.807, 2.05) is 0 Å². The van der Waals surface area contributed by atoms with Gasteiger partial charge in [0, 0.05) is 22.6 Å². The van der Waals surface area contributed by atoms with Crippen molar-refractivity contribution in [2.45, 2.75) is 63.8 Å². The van der Waals surface area contributed by atoms with Gasteiger partial charge in [-0.2, -0.15) is 13.2 Å². The number of amides is 2. The number of carbonyl (C=O) groups excluding carboxylic acids is 2. The minimum atomic E-state index is -4.72. The van der Waals surface area contributed by atoms with Crippen molar-refractivity contribution in [2.24, 2.45) is 0 Å². The van der Waals surface area contributed by atoms with Gasteiger partial charge in [0.15, 0.2) is 0 Å².